The molecule has 1 unspecified atom stereocenters. The van der Waals surface area contributed by atoms with Crippen molar-refractivity contribution in [2.75, 3.05) is 13.1 Å². The second-order valence-electron chi connectivity index (χ2n) is 6.39. The number of halogens is 5. The van der Waals surface area contributed by atoms with E-state index < -0.39 is 17.6 Å². The van der Waals surface area contributed by atoms with E-state index in [1.54, 1.807) is 0 Å². The van der Waals surface area contributed by atoms with E-state index in [1.807, 2.05) is 0 Å². The van der Waals surface area contributed by atoms with Crippen molar-refractivity contribution < 1.29 is 22.4 Å². The molecule has 1 amide bonds. The van der Waals surface area contributed by atoms with E-state index in [9.17, 15) is 22.4 Å². The summed E-state index contributed by atoms with van der Waals surface area (Å²) in [6.07, 6.45) is -1.99. The first-order chi connectivity index (χ1) is 10.8. The van der Waals surface area contributed by atoms with Crippen LogP contribution in [0, 0.1) is 17.2 Å². The molecule has 2 aliphatic rings. The first-order valence-electron chi connectivity index (χ1n) is 7.66. The number of nitrogens with one attached hydrogen (secondary N) is 2. The minimum atomic E-state index is -4.64. The van der Waals surface area contributed by atoms with E-state index >= 15 is 0 Å². The summed E-state index contributed by atoms with van der Waals surface area (Å²) in [5.74, 6) is -1.26. The van der Waals surface area contributed by atoms with E-state index in [0.29, 0.717) is 6.07 Å². The molecule has 1 aliphatic heterocycles. The first-order valence-corrected chi connectivity index (χ1v) is 7.66. The Morgan fingerprint density at radius 1 is 1.29 bits per heavy atom. The average molecular weight is 367 g/mol. The fraction of sp³-hybridized carbons (Fsp3) is 0.562. The SMILES string of the molecule is Cl.O=C(NCc1ccc(F)cc1C(F)(F)F)C1CC12CCNCC2. The van der Waals surface area contributed by atoms with Gasteiger partial charge in [-0.2, -0.15) is 13.2 Å². The van der Waals surface area contributed by atoms with Crippen molar-refractivity contribution in [3.63, 3.8) is 0 Å². The van der Waals surface area contributed by atoms with E-state index in [0.717, 1.165) is 44.5 Å². The highest BCUT2D eigenvalue weighted by molar-refractivity contribution is 5.85. The Kier molecular flexibility index (Phi) is 5.44. The van der Waals surface area contributed by atoms with Crippen LogP contribution in [0.5, 0.6) is 0 Å². The average Bonchev–Trinajstić information content (AvgIpc) is 3.19. The van der Waals surface area contributed by atoms with Crippen molar-refractivity contribution in [1.82, 2.24) is 10.6 Å². The van der Waals surface area contributed by atoms with Gasteiger partial charge in [-0.3, -0.25) is 4.79 Å². The monoisotopic (exact) mass is 366 g/mol. The molecule has 1 aromatic carbocycles. The Hall–Kier alpha value is -1.34. The van der Waals surface area contributed by atoms with Crippen molar-refractivity contribution in [2.45, 2.75) is 32.0 Å². The summed E-state index contributed by atoms with van der Waals surface area (Å²) in [5.41, 5.74) is -1.12. The Bertz CT molecular complexity index is 615. The van der Waals surface area contributed by atoms with Crippen molar-refractivity contribution >= 4 is 18.3 Å². The Morgan fingerprint density at radius 2 is 1.96 bits per heavy atom. The minimum Gasteiger partial charge on any atom is -0.352 e. The van der Waals surface area contributed by atoms with Crippen molar-refractivity contribution in [2.24, 2.45) is 11.3 Å². The molecule has 1 aromatic rings. The van der Waals surface area contributed by atoms with Crippen LogP contribution in [0.1, 0.15) is 30.4 Å². The lowest BCUT2D eigenvalue weighted by atomic mass is 9.92. The van der Waals surface area contributed by atoms with Crippen LogP contribution in [0.15, 0.2) is 18.2 Å². The lowest BCUT2D eigenvalue weighted by Gasteiger charge is -2.23. The molecular weight excluding hydrogens is 348 g/mol. The molecule has 8 heteroatoms. The van der Waals surface area contributed by atoms with E-state index in [2.05, 4.69) is 10.6 Å². The van der Waals surface area contributed by atoms with Crippen LogP contribution in [-0.2, 0) is 17.5 Å². The van der Waals surface area contributed by atoms with Gasteiger partial charge in [0.2, 0.25) is 5.91 Å². The van der Waals surface area contributed by atoms with Gasteiger partial charge >= 0.3 is 6.18 Å². The van der Waals surface area contributed by atoms with Gasteiger partial charge in [0.1, 0.15) is 5.82 Å². The van der Waals surface area contributed by atoms with Gasteiger partial charge in [0.15, 0.2) is 0 Å². The van der Waals surface area contributed by atoms with E-state index in [-0.39, 0.29) is 41.8 Å². The highest BCUT2D eigenvalue weighted by Crippen LogP contribution is 2.58. The molecule has 0 radical (unpaired) electrons. The Morgan fingerprint density at radius 3 is 2.58 bits per heavy atom. The third-order valence-corrected chi connectivity index (χ3v) is 4.94. The maximum Gasteiger partial charge on any atom is 0.416 e. The van der Waals surface area contributed by atoms with Gasteiger partial charge in [-0.25, -0.2) is 4.39 Å². The summed E-state index contributed by atoms with van der Waals surface area (Å²) < 4.78 is 51.8. The zero-order valence-electron chi connectivity index (χ0n) is 12.9. The Labute approximate surface area is 143 Å². The van der Waals surface area contributed by atoms with Gasteiger partial charge in [0, 0.05) is 12.5 Å². The van der Waals surface area contributed by atoms with Gasteiger partial charge in [-0.05, 0) is 55.5 Å². The summed E-state index contributed by atoms with van der Waals surface area (Å²) in [6, 6.07) is 2.51. The number of rotatable bonds is 3. The number of carbonyl (C=O) groups is 1. The summed E-state index contributed by atoms with van der Waals surface area (Å²) >= 11 is 0. The van der Waals surface area contributed by atoms with Gasteiger partial charge in [0.05, 0.1) is 5.56 Å². The van der Waals surface area contributed by atoms with Gasteiger partial charge in [-0.15, -0.1) is 12.4 Å². The van der Waals surface area contributed by atoms with E-state index in [1.165, 1.54) is 0 Å². The fourth-order valence-corrected chi connectivity index (χ4v) is 3.47. The minimum absolute atomic E-state index is 0. The number of hydrogen-bond acceptors (Lipinski definition) is 2. The maximum atomic E-state index is 13.1. The smallest absolute Gasteiger partial charge is 0.352 e. The maximum absolute atomic E-state index is 13.1. The van der Waals surface area contributed by atoms with E-state index in [4.69, 9.17) is 0 Å². The van der Waals surface area contributed by atoms with Crippen molar-refractivity contribution in [3.05, 3.63) is 35.1 Å². The van der Waals surface area contributed by atoms with Crippen LogP contribution in [0.4, 0.5) is 17.6 Å². The van der Waals surface area contributed by atoms with Gasteiger partial charge in [-0.1, -0.05) is 6.07 Å². The number of piperidine rings is 1. The predicted octanol–water partition coefficient (Wildman–Crippen LogP) is 3.27. The third kappa shape index (κ3) is 3.83. The van der Waals surface area contributed by atoms with Crippen LogP contribution in [0.25, 0.3) is 0 Å². The largest absolute Gasteiger partial charge is 0.416 e. The number of alkyl halides is 3. The lowest BCUT2D eigenvalue weighted by molar-refractivity contribution is -0.138. The molecule has 1 spiro atoms. The summed E-state index contributed by atoms with van der Waals surface area (Å²) in [5, 5.41) is 5.82. The molecule has 1 saturated heterocycles. The standard InChI is InChI=1S/C16H18F4N2O.ClH/c17-11-2-1-10(12(7-11)16(18,19)20)9-22-14(23)13-8-15(13)3-5-21-6-4-15;/h1-2,7,13,21H,3-6,8-9H2,(H,22,23);1H. The molecule has 1 heterocycles. The molecule has 0 aromatic heterocycles. The van der Waals surface area contributed by atoms with Crippen LogP contribution < -0.4 is 10.6 Å². The molecule has 2 N–H and O–H groups in total. The quantitative estimate of drug-likeness (QED) is 0.806. The second kappa shape index (κ2) is 6.88. The molecule has 3 rings (SSSR count). The topological polar surface area (TPSA) is 41.1 Å². The molecule has 3 nitrogen and oxygen atoms in total. The number of carbonyl (C=O) groups excluding carboxylic acids is 1. The lowest BCUT2D eigenvalue weighted by Crippen LogP contribution is -2.33. The zero-order valence-corrected chi connectivity index (χ0v) is 13.7. The van der Waals surface area contributed by atoms with Crippen LogP contribution >= 0.6 is 12.4 Å². The molecule has 0 bridgehead atoms. The van der Waals surface area contributed by atoms with Crippen LogP contribution in [0.3, 0.4) is 0 Å². The molecule has 2 fully saturated rings. The number of amides is 1. The summed E-state index contributed by atoms with van der Waals surface area (Å²) in [7, 11) is 0. The third-order valence-electron chi connectivity index (χ3n) is 4.94. The molecule has 1 aliphatic carbocycles. The van der Waals surface area contributed by atoms with Crippen LogP contribution in [-0.4, -0.2) is 19.0 Å². The number of hydrogen-bond donors (Lipinski definition) is 2. The Balaban J connectivity index is 0.00000208. The second-order valence-corrected chi connectivity index (χ2v) is 6.39. The number of benzene rings is 1. The molecule has 134 valence electrons. The van der Waals surface area contributed by atoms with Crippen molar-refractivity contribution in [1.29, 1.82) is 0 Å². The zero-order chi connectivity index (χ0) is 16.7. The highest BCUT2D eigenvalue weighted by Gasteiger charge is 2.57. The van der Waals surface area contributed by atoms with Gasteiger partial charge in [0.25, 0.3) is 0 Å². The first kappa shape index (κ1) is 19.0. The van der Waals surface area contributed by atoms with Gasteiger partial charge < -0.3 is 10.6 Å². The van der Waals surface area contributed by atoms with Crippen molar-refractivity contribution in [3.8, 4) is 0 Å². The normalized spacial score (nSPS) is 21.9. The predicted molar refractivity (Wildman–Crippen MR) is 83.1 cm³/mol. The molecule has 1 atom stereocenters. The molecule has 1 saturated carbocycles. The summed E-state index contributed by atoms with van der Waals surface area (Å²) in [4.78, 5) is 12.2. The fourth-order valence-electron chi connectivity index (χ4n) is 3.47. The molecule has 24 heavy (non-hydrogen) atoms. The summed E-state index contributed by atoms with van der Waals surface area (Å²) in [6.45, 7) is 1.51. The molecular formula is C16H19ClF4N2O. The van der Waals surface area contributed by atoms with Crippen LogP contribution in [0.2, 0.25) is 0 Å². The highest BCUT2D eigenvalue weighted by atomic mass is 35.5.